The van der Waals surface area contributed by atoms with E-state index in [2.05, 4.69) is 45.7 Å². The van der Waals surface area contributed by atoms with Gasteiger partial charge >= 0.3 is 206 Å². The predicted octanol–water partition coefficient (Wildman–Crippen LogP) is 0.521. The van der Waals surface area contributed by atoms with Crippen LogP contribution >= 0.6 is 7.14 Å². The van der Waals surface area contributed by atoms with E-state index in [0.29, 0.717) is 18.5 Å². The third-order valence-corrected chi connectivity index (χ3v) is 9.36. The van der Waals surface area contributed by atoms with E-state index >= 15 is 0 Å². The third-order valence-electron chi connectivity index (χ3n) is 5.38. The molecule has 0 radical (unpaired) electrons. The molecule has 0 spiro atoms. The minimum atomic E-state index is -2.12. The summed E-state index contributed by atoms with van der Waals surface area (Å²) >= 11 is -0.285. The van der Waals surface area contributed by atoms with E-state index in [1.165, 1.54) is 5.22 Å². The number of nitrogens with one attached hydrogen (secondary N) is 1. The third kappa shape index (κ3) is 5.82. The molecule has 0 amide bonds. The predicted molar refractivity (Wildman–Crippen MR) is 131 cm³/mol. The topological polar surface area (TPSA) is 65.4 Å². The molecule has 1 unspecified atom stereocenters. The summed E-state index contributed by atoms with van der Waals surface area (Å²) in [5, 5.41) is 10.7. The van der Waals surface area contributed by atoms with Gasteiger partial charge in [0.25, 0.3) is 0 Å². The Bertz CT molecular complexity index is 1330. The number of rotatable bonds is 8. The molecule has 0 saturated heterocycles. The quantitative estimate of drug-likeness (QED) is 0.183. The molecule has 1 aromatic heterocycles. The minimum absolute atomic E-state index is 0.151. The molecular weight excluding hydrogens is 548 g/mol. The Morgan fingerprint density at radius 1 is 1.09 bits per heavy atom. The Kier molecular flexibility index (Phi) is 6.91. The molecule has 1 aliphatic heterocycles. The number of hydrogen-bond donors (Lipinski definition) is 1. The first-order chi connectivity index (χ1) is 15.7. The monoisotopic (exact) mass is 578 g/mol. The van der Waals surface area contributed by atoms with Crippen molar-refractivity contribution >= 4 is 23.0 Å². The van der Waals surface area contributed by atoms with Crippen LogP contribution in [0, 0.1) is 0 Å². The second kappa shape index (κ2) is 9.55. The molecule has 1 N–H and O–H groups in total. The van der Waals surface area contributed by atoms with Gasteiger partial charge in [0.2, 0.25) is 0 Å². The van der Waals surface area contributed by atoms with Gasteiger partial charge in [0.1, 0.15) is 0 Å². The van der Waals surface area contributed by atoms with E-state index in [4.69, 9.17) is 9.47 Å². The van der Waals surface area contributed by atoms with Gasteiger partial charge in [0.15, 0.2) is 0 Å². The molecule has 0 aliphatic carbocycles. The number of anilines is 1. The van der Waals surface area contributed by atoms with Crippen LogP contribution in [0.25, 0.3) is 10.2 Å². The van der Waals surface area contributed by atoms with Crippen molar-refractivity contribution in [1.29, 1.82) is 0 Å². The van der Waals surface area contributed by atoms with Crippen LogP contribution in [-0.2, 0) is 17.3 Å². The normalized spacial score (nSPS) is 17.7. The molecule has 0 bridgehead atoms. The van der Waals surface area contributed by atoms with Crippen LogP contribution < -0.4 is 46.6 Å². The Balaban J connectivity index is 1.61. The van der Waals surface area contributed by atoms with E-state index in [1.54, 1.807) is 14.2 Å². The zero-order chi connectivity index (χ0) is 23.6. The van der Waals surface area contributed by atoms with E-state index in [9.17, 15) is 4.57 Å². The fourth-order valence-corrected chi connectivity index (χ4v) is 7.40. The van der Waals surface area contributed by atoms with Crippen molar-refractivity contribution in [3.8, 4) is 11.5 Å². The van der Waals surface area contributed by atoms with Gasteiger partial charge in [-0.25, -0.2) is 0 Å². The van der Waals surface area contributed by atoms with E-state index in [1.807, 2.05) is 48.5 Å². The second-order valence-corrected chi connectivity index (χ2v) is 15.8. The summed E-state index contributed by atoms with van der Waals surface area (Å²) in [4.78, 5) is 0. The van der Waals surface area contributed by atoms with Crippen molar-refractivity contribution in [3.63, 3.8) is 0 Å². The fourth-order valence-electron chi connectivity index (χ4n) is 3.92. The van der Waals surface area contributed by atoms with Gasteiger partial charge in [-0.15, -0.1) is 0 Å². The van der Waals surface area contributed by atoms with Gasteiger partial charge in [0.05, 0.1) is 0 Å². The number of benzene rings is 2. The van der Waals surface area contributed by atoms with Crippen LogP contribution in [0.3, 0.4) is 0 Å². The van der Waals surface area contributed by atoms with Gasteiger partial charge in [-0.05, 0) is 0 Å². The number of hydrogen-bond acceptors (Lipinski definition) is 5. The molecule has 4 rings (SSSR count). The molecule has 1 aliphatic rings. The average Bonchev–Trinajstić information content (AvgIpc) is 3.13. The molecule has 2 heterocycles. The van der Waals surface area contributed by atoms with Gasteiger partial charge in [-0.3, -0.25) is 0 Å². The molecule has 1 atom stereocenters. The summed E-state index contributed by atoms with van der Waals surface area (Å²) in [5.41, 5.74) is 3.26. The molecule has 0 fully saturated rings. The molecule has 8 heteroatoms. The summed E-state index contributed by atoms with van der Waals surface area (Å²) in [6.07, 6.45) is 4.87. The van der Waals surface area contributed by atoms with Crippen LogP contribution in [0.15, 0.2) is 48.7 Å². The molecule has 176 valence electrons. The summed E-state index contributed by atoms with van der Waals surface area (Å²) in [6, 6.07) is 14.3. The zero-order valence-corrected chi connectivity index (χ0v) is 22.7. The summed E-state index contributed by atoms with van der Waals surface area (Å²) < 4.78 is 27.3. The SMILES string of the molecule is COc1ccc(Cn2ncc3c2=CC(C)(Nc2cccc(CP(C)(C)=O)c2)[I-]C=3)cc1OC. The number of halogens is 1. The Labute approximate surface area is 205 Å². The van der Waals surface area contributed by atoms with Crippen LogP contribution in [0.1, 0.15) is 18.1 Å². The van der Waals surface area contributed by atoms with Gasteiger partial charge < -0.3 is 0 Å². The molecule has 3 aromatic rings. The zero-order valence-electron chi connectivity index (χ0n) is 19.6. The number of aromatic nitrogens is 2. The number of methoxy groups -OCH3 is 2. The van der Waals surface area contributed by atoms with Crippen LogP contribution in [0.4, 0.5) is 5.69 Å². The first-order valence-corrected chi connectivity index (χ1v) is 15.8. The fraction of sp³-hybridized carbons (Fsp3) is 0.320. The second-order valence-electron chi connectivity index (χ2n) is 8.83. The van der Waals surface area contributed by atoms with E-state index in [-0.39, 0.29) is 24.8 Å². The summed E-state index contributed by atoms with van der Waals surface area (Å²) in [7, 11) is 1.17. The van der Waals surface area contributed by atoms with Gasteiger partial charge in [-0.1, -0.05) is 0 Å². The van der Waals surface area contributed by atoms with Gasteiger partial charge in [0, 0.05) is 0 Å². The van der Waals surface area contributed by atoms with Crippen LogP contribution in [-0.4, -0.2) is 40.9 Å². The van der Waals surface area contributed by atoms with Crippen LogP contribution in [0.2, 0.25) is 0 Å². The van der Waals surface area contributed by atoms with Crippen molar-refractivity contribution in [2.45, 2.75) is 23.2 Å². The number of alkyl halides is 1. The maximum absolute atomic E-state index is 12.3. The number of nitrogens with zero attached hydrogens (tertiary/aromatic N) is 2. The van der Waals surface area contributed by atoms with E-state index in [0.717, 1.165) is 27.9 Å². The van der Waals surface area contributed by atoms with Crippen molar-refractivity contribution < 1.29 is 35.2 Å². The Hall–Kier alpha value is -2.25. The summed E-state index contributed by atoms with van der Waals surface area (Å²) in [5.74, 6) is 1.43. The van der Waals surface area contributed by atoms with Crippen molar-refractivity contribution in [3.05, 3.63) is 70.4 Å². The first-order valence-electron chi connectivity index (χ1n) is 10.7. The molecule has 2 aromatic carbocycles. The molecule has 33 heavy (non-hydrogen) atoms. The standard InChI is InChI=1S/C25H30IN3O3P/c1-25(28-21-8-6-7-19(11-21)17-33(4,5)30)13-22-20(14-26-25)15-27-29(22)16-18-9-10-23(31-2)24(12-18)32-3/h6-15,28H,16-17H2,1-5H3/q-1. The van der Waals surface area contributed by atoms with Crippen molar-refractivity contribution in [1.82, 2.24) is 9.78 Å². The number of fused-ring (bicyclic) bond motifs is 1. The number of ether oxygens (including phenoxy) is 2. The van der Waals surface area contributed by atoms with Crippen molar-refractivity contribution in [2.75, 3.05) is 32.9 Å². The molecule has 6 nitrogen and oxygen atoms in total. The van der Waals surface area contributed by atoms with Crippen LogP contribution in [0.5, 0.6) is 11.5 Å². The summed E-state index contributed by atoms with van der Waals surface area (Å²) in [6.45, 7) is 6.56. The first kappa shape index (κ1) is 23.9. The Morgan fingerprint density at radius 2 is 1.88 bits per heavy atom. The van der Waals surface area contributed by atoms with E-state index < -0.39 is 7.14 Å². The Morgan fingerprint density at radius 3 is 2.61 bits per heavy atom. The average molecular weight is 578 g/mol. The van der Waals surface area contributed by atoms with Gasteiger partial charge in [-0.2, -0.15) is 0 Å². The van der Waals surface area contributed by atoms with Crippen molar-refractivity contribution in [2.24, 2.45) is 0 Å². The molecule has 0 saturated carbocycles. The molecular formula is C25H30IN3O3P-. The maximum atomic E-state index is 12.3.